The van der Waals surface area contributed by atoms with Crippen LogP contribution in [0.15, 0.2) is 243 Å². The van der Waals surface area contributed by atoms with Gasteiger partial charge in [-0.1, -0.05) is 188 Å². The summed E-state index contributed by atoms with van der Waals surface area (Å²) >= 11 is 0. The maximum Gasteiger partial charge on any atom is 0.0635 e. The van der Waals surface area contributed by atoms with Crippen LogP contribution >= 0.6 is 0 Å². The summed E-state index contributed by atoms with van der Waals surface area (Å²) < 4.78 is 0. The Balaban J connectivity index is 0.960. The van der Waals surface area contributed by atoms with E-state index < -0.39 is 0 Å². The van der Waals surface area contributed by atoms with Crippen molar-refractivity contribution in [1.29, 1.82) is 0 Å². The van der Waals surface area contributed by atoms with Crippen LogP contribution in [-0.2, 0) is 0 Å². The van der Waals surface area contributed by atoms with Crippen LogP contribution in [0.4, 0.5) is 28.4 Å². The Kier molecular flexibility index (Phi) is 9.02. The number of anilines is 5. The SMILES string of the molecule is C1=CC2C(C(c3ccccc3)=C1)c1ccccc1N2c1ccccc1-c1ccc(N(c2ccc(-c3ccccc3)cc2)c2ccc(-c3ccc4ccccc4c3)cc2)cc1. The van der Waals surface area contributed by atoms with Crippen LogP contribution in [0, 0.1) is 0 Å². The molecule has 2 nitrogen and oxygen atoms in total. The summed E-state index contributed by atoms with van der Waals surface area (Å²) in [6, 6.07) is 81.7. The summed E-state index contributed by atoms with van der Waals surface area (Å²) in [4.78, 5) is 4.92. The van der Waals surface area contributed by atoms with Crippen molar-refractivity contribution in [2.45, 2.75) is 12.0 Å². The average Bonchev–Trinajstić information content (AvgIpc) is 3.67. The fourth-order valence-electron chi connectivity index (χ4n) is 9.36. The van der Waals surface area contributed by atoms with Gasteiger partial charge in [-0.15, -0.1) is 0 Å². The van der Waals surface area contributed by atoms with Crippen LogP contribution in [0.5, 0.6) is 0 Å². The van der Waals surface area contributed by atoms with E-state index in [-0.39, 0.29) is 12.0 Å². The van der Waals surface area contributed by atoms with Gasteiger partial charge in [0, 0.05) is 39.9 Å². The van der Waals surface area contributed by atoms with E-state index >= 15 is 0 Å². The van der Waals surface area contributed by atoms with Crippen molar-refractivity contribution < 1.29 is 0 Å². The standard InChI is InChI=1S/C58H42N2/c1-3-14-41(15-4-1)43-28-34-49(35-29-43)59(50-36-30-44(31-37-50)48-27-26-42-16-7-8-19-47(42)40-48)51-38-32-46(33-39-51)52-20-9-11-23-55(52)60-56-24-12-10-21-54(56)58-53(22-13-25-57(58)60)45-17-5-2-6-18-45/h1-40,57-58H. The molecule has 0 saturated heterocycles. The number of nitrogens with zero attached hydrogens (tertiary/aromatic N) is 2. The van der Waals surface area contributed by atoms with Crippen LogP contribution in [0.25, 0.3) is 49.7 Å². The zero-order valence-electron chi connectivity index (χ0n) is 33.1. The lowest BCUT2D eigenvalue weighted by atomic mass is 9.81. The molecule has 11 rings (SSSR count). The molecule has 2 aliphatic rings. The molecule has 9 aromatic carbocycles. The molecular formula is C58H42N2. The highest BCUT2D eigenvalue weighted by Gasteiger charge is 2.41. The molecule has 9 aromatic rings. The fourth-order valence-corrected chi connectivity index (χ4v) is 9.36. The van der Waals surface area contributed by atoms with Crippen LogP contribution in [0.3, 0.4) is 0 Å². The van der Waals surface area contributed by atoms with Crippen molar-refractivity contribution >= 4 is 44.8 Å². The molecule has 1 aliphatic heterocycles. The first-order valence-corrected chi connectivity index (χ1v) is 20.8. The van der Waals surface area contributed by atoms with E-state index in [4.69, 9.17) is 0 Å². The minimum Gasteiger partial charge on any atom is -0.333 e. The summed E-state index contributed by atoms with van der Waals surface area (Å²) in [5.74, 6) is 0.235. The lowest BCUT2D eigenvalue weighted by Crippen LogP contribution is -2.30. The second-order valence-corrected chi connectivity index (χ2v) is 15.7. The first kappa shape index (κ1) is 35.5. The molecular weight excluding hydrogens is 725 g/mol. The Morgan fingerprint density at radius 1 is 0.367 bits per heavy atom. The van der Waals surface area contributed by atoms with Crippen LogP contribution in [-0.4, -0.2) is 6.04 Å². The Morgan fingerprint density at radius 3 is 1.55 bits per heavy atom. The average molecular weight is 767 g/mol. The van der Waals surface area contributed by atoms with Crippen molar-refractivity contribution in [3.05, 3.63) is 254 Å². The number of benzene rings is 9. The molecule has 0 bridgehead atoms. The third-order valence-electron chi connectivity index (χ3n) is 12.2. The molecule has 60 heavy (non-hydrogen) atoms. The Morgan fingerprint density at radius 2 is 0.867 bits per heavy atom. The molecule has 2 unspecified atom stereocenters. The van der Waals surface area contributed by atoms with Gasteiger partial charge in [-0.2, -0.15) is 0 Å². The number of rotatable bonds is 8. The number of hydrogen-bond donors (Lipinski definition) is 0. The van der Waals surface area contributed by atoms with Gasteiger partial charge in [-0.05, 0) is 110 Å². The smallest absolute Gasteiger partial charge is 0.0635 e. The fraction of sp³-hybridized carbons (Fsp3) is 0.0345. The zero-order valence-corrected chi connectivity index (χ0v) is 33.1. The monoisotopic (exact) mass is 766 g/mol. The van der Waals surface area contributed by atoms with E-state index in [2.05, 4.69) is 252 Å². The molecule has 0 radical (unpaired) electrons. The van der Waals surface area contributed by atoms with Gasteiger partial charge in [0.05, 0.1) is 6.04 Å². The van der Waals surface area contributed by atoms with E-state index in [0.29, 0.717) is 0 Å². The normalized spacial score (nSPS) is 15.3. The molecule has 2 heteroatoms. The van der Waals surface area contributed by atoms with Crippen molar-refractivity contribution in [2.24, 2.45) is 0 Å². The molecule has 1 aliphatic carbocycles. The van der Waals surface area contributed by atoms with E-state index in [9.17, 15) is 0 Å². The second kappa shape index (κ2) is 15.2. The van der Waals surface area contributed by atoms with E-state index in [1.807, 2.05) is 0 Å². The van der Waals surface area contributed by atoms with Gasteiger partial charge in [-0.25, -0.2) is 0 Å². The predicted octanol–water partition coefficient (Wildman–Crippen LogP) is 15.6. The Bertz CT molecular complexity index is 3020. The van der Waals surface area contributed by atoms with Gasteiger partial charge in [0.25, 0.3) is 0 Å². The topological polar surface area (TPSA) is 6.48 Å². The summed E-state index contributed by atoms with van der Waals surface area (Å²) in [6.45, 7) is 0. The summed E-state index contributed by atoms with van der Waals surface area (Å²) in [5.41, 5.74) is 17.0. The van der Waals surface area contributed by atoms with Gasteiger partial charge >= 0.3 is 0 Å². The quantitative estimate of drug-likeness (QED) is 0.152. The first-order valence-electron chi connectivity index (χ1n) is 20.8. The van der Waals surface area contributed by atoms with Gasteiger partial charge in [0.15, 0.2) is 0 Å². The number of allylic oxidation sites excluding steroid dienone is 2. The van der Waals surface area contributed by atoms with E-state index in [0.717, 1.165) is 17.1 Å². The molecule has 0 fully saturated rings. The van der Waals surface area contributed by atoms with Gasteiger partial charge in [0.2, 0.25) is 0 Å². The predicted molar refractivity (Wildman–Crippen MR) is 254 cm³/mol. The maximum atomic E-state index is 2.56. The lowest BCUT2D eigenvalue weighted by molar-refractivity contribution is 0.759. The van der Waals surface area contributed by atoms with Crippen LogP contribution in [0.1, 0.15) is 17.0 Å². The second-order valence-electron chi connectivity index (χ2n) is 15.7. The van der Waals surface area contributed by atoms with E-state index in [1.54, 1.807) is 0 Å². The summed E-state index contributed by atoms with van der Waals surface area (Å²) in [5, 5.41) is 2.50. The van der Waals surface area contributed by atoms with Gasteiger partial charge in [-0.3, -0.25) is 0 Å². The molecule has 284 valence electrons. The third kappa shape index (κ3) is 6.40. The molecule has 0 aromatic heterocycles. The Hall–Kier alpha value is -7.68. The van der Waals surface area contributed by atoms with Crippen molar-refractivity contribution in [3.63, 3.8) is 0 Å². The molecule has 1 heterocycles. The minimum absolute atomic E-state index is 0.162. The maximum absolute atomic E-state index is 2.56. The number of para-hydroxylation sites is 2. The van der Waals surface area contributed by atoms with E-state index in [1.165, 1.54) is 72.2 Å². The van der Waals surface area contributed by atoms with Crippen LogP contribution < -0.4 is 9.80 Å². The molecule has 0 spiro atoms. The molecule has 0 saturated carbocycles. The molecule has 2 atom stereocenters. The van der Waals surface area contributed by atoms with Crippen LogP contribution in [0.2, 0.25) is 0 Å². The highest BCUT2D eigenvalue weighted by molar-refractivity contribution is 5.92. The van der Waals surface area contributed by atoms with Crippen molar-refractivity contribution in [1.82, 2.24) is 0 Å². The highest BCUT2D eigenvalue weighted by atomic mass is 15.2. The van der Waals surface area contributed by atoms with Crippen molar-refractivity contribution in [3.8, 4) is 33.4 Å². The van der Waals surface area contributed by atoms with Gasteiger partial charge < -0.3 is 9.80 Å². The third-order valence-corrected chi connectivity index (χ3v) is 12.2. The number of fused-ring (bicyclic) bond motifs is 4. The zero-order chi connectivity index (χ0) is 39.8. The summed E-state index contributed by atoms with van der Waals surface area (Å²) in [6.07, 6.45) is 6.93. The largest absolute Gasteiger partial charge is 0.333 e. The van der Waals surface area contributed by atoms with Gasteiger partial charge in [0.1, 0.15) is 0 Å². The molecule has 0 amide bonds. The molecule has 0 N–H and O–H groups in total. The lowest BCUT2D eigenvalue weighted by Gasteiger charge is -2.33. The van der Waals surface area contributed by atoms with Crippen molar-refractivity contribution in [2.75, 3.05) is 9.80 Å². The highest BCUT2D eigenvalue weighted by Crippen LogP contribution is 2.54. The Labute approximate surface area is 352 Å². The first-order chi connectivity index (χ1) is 29.8. The number of hydrogen-bond acceptors (Lipinski definition) is 2. The minimum atomic E-state index is 0.162. The summed E-state index contributed by atoms with van der Waals surface area (Å²) in [7, 11) is 0.